The smallest absolute Gasteiger partial charge is 0.230 e. The highest BCUT2D eigenvalue weighted by Gasteiger charge is 2.03. The number of thioether (sulfide) groups is 1. The summed E-state index contributed by atoms with van der Waals surface area (Å²) in [5.41, 5.74) is 1.12. The zero-order valence-corrected chi connectivity index (χ0v) is 12.8. The lowest BCUT2D eigenvalue weighted by atomic mass is 10.2. The van der Waals surface area contributed by atoms with Crippen molar-refractivity contribution < 1.29 is 13.9 Å². The Hall–Kier alpha value is -1.88. The van der Waals surface area contributed by atoms with E-state index >= 15 is 0 Å². The van der Waals surface area contributed by atoms with Crippen LogP contribution in [0.2, 0.25) is 0 Å². The Balaban J connectivity index is 1.55. The molecule has 4 nitrogen and oxygen atoms in total. The van der Waals surface area contributed by atoms with Gasteiger partial charge in [0.05, 0.1) is 25.2 Å². The monoisotopic (exact) mass is 305 g/mol. The summed E-state index contributed by atoms with van der Waals surface area (Å²) in [6.07, 6.45) is 1.60. The van der Waals surface area contributed by atoms with E-state index in [1.54, 1.807) is 24.1 Å². The molecule has 2 aromatic rings. The van der Waals surface area contributed by atoms with Crippen molar-refractivity contribution in [2.45, 2.75) is 13.5 Å². The summed E-state index contributed by atoms with van der Waals surface area (Å²) in [5, 5.41) is 2.81. The fraction of sp³-hybridized carbons (Fsp3) is 0.312. The number of ether oxygens (including phenoxy) is 1. The largest absolute Gasteiger partial charge is 0.492 e. The molecule has 5 heteroatoms. The van der Waals surface area contributed by atoms with E-state index in [4.69, 9.17) is 9.15 Å². The van der Waals surface area contributed by atoms with E-state index < -0.39 is 0 Å². The van der Waals surface area contributed by atoms with Crippen molar-refractivity contribution in [3.63, 3.8) is 0 Å². The Morgan fingerprint density at radius 2 is 2.14 bits per heavy atom. The molecule has 0 aliphatic carbocycles. The minimum atomic E-state index is 0.00675. The lowest BCUT2D eigenvalue weighted by Crippen LogP contribution is -2.24. The maximum absolute atomic E-state index is 11.6. The van der Waals surface area contributed by atoms with Gasteiger partial charge in [-0.15, -0.1) is 11.8 Å². The third-order valence-corrected chi connectivity index (χ3v) is 3.77. The van der Waals surface area contributed by atoms with Crippen molar-refractivity contribution in [3.8, 4) is 5.75 Å². The van der Waals surface area contributed by atoms with E-state index in [0.717, 1.165) is 22.8 Å². The lowest BCUT2D eigenvalue weighted by Gasteiger charge is -2.08. The van der Waals surface area contributed by atoms with Crippen LogP contribution in [0, 0.1) is 6.92 Å². The first kappa shape index (κ1) is 15.5. The Labute approximate surface area is 128 Å². The van der Waals surface area contributed by atoms with Crippen LogP contribution in [0.25, 0.3) is 0 Å². The van der Waals surface area contributed by atoms with Crippen LogP contribution in [-0.4, -0.2) is 24.0 Å². The number of aryl methyl sites for hydroxylation is 1. The standard InChI is InChI=1S/C16H19NO3S/c1-13-5-2-3-7-15(13)20-9-10-21-12-16(18)17-11-14-6-4-8-19-14/h2-8H,9-12H2,1H3,(H,17,18). The van der Waals surface area contributed by atoms with Gasteiger partial charge in [-0.2, -0.15) is 0 Å². The quantitative estimate of drug-likeness (QED) is 0.762. The second kappa shape index (κ2) is 8.42. The number of benzene rings is 1. The van der Waals surface area contributed by atoms with E-state index in [0.29, 0.717) is 18.9 Å². The van der Waals surface area contributed by atoms with Crippen LogP contribution in [0.5, 0.6) is 5.75 Å². The van der Waals surface area contributed by atoms with Gasteiger partial charge in [-0.25, -0.2) is 0 Å². The molecule has 0 spiro atoms. The second-order valence-corrected chi connectivity index (χ2v) is 5.63. The van der Waals surface area contributed by atoms with Gasteiger partial charge in [0.25, 0.3) is 0 Å². The van der Waals surface area contributed by atoms with Gasteiger partial charge >= 0.3 is 0 Å². The molecule has 1 aromatic heterocycles. The number of carbonyl (C=O) groups is 1. The second-order valence-electron chi connectivity index (χ2n) is 4.52. The molecule has 0 aliphatic heterocycles. The van der Waals surface area contributed by atoms with Gasteiger partial charge < -0.3 is 14.5 Å². The van der Waals surface area contributed by atoms with Crippen LogP contribution in [0.15, 0.2) is 47.1 Å². The van der Waals surface area contributed by atoms with Crippen LogP contribution >= 0.6 is 11.8 Å². The molecule has 0 atom stereocenters. The van der Waals surface area contributed by atoms with Gasteiger partial charge in [0.2, 0.25) is 5.91 Å². The molecular formula is C16H19NO3S. The molecule has 0 radical (unpaired) electrons. The Kier molecular flexibility index (Phi) is 6.22. The minimum absolute atomic E-state index is 0.00675. The Morgan fingerprint density at radius 3 is 2.90 bits per heavy atom. The van der Waals surface area contributed by atoms with Gasteiger partial charge in [-0.3, -0.25) is 4.79 Å². The summed E-state index contributed by atoms with van der Waals surface area (Å²) < 4.78 is 10.8. The molecule has 0 saturated carbocycles. The van der Waals surface area contributed by atoms with Gasteiger partial charge in [-0.1, -0.05) is 18.2 Å². The normalized spacial score (nSPS) is 10.3. The maximum Gasteiger partial charge on any atom is 0.230 e. The lowest BCUT2D eigenvalue weighted by molar-refractivity contribution is -0.118. The average Bonchev–Trinajstić information content (AvgIpc) is 3.00. The maximum atomic E-state index is 11.6. The van der Waals surface area contributed by atoms with Gasteiger partial charge in [0.1, 0.15) is 11.5 Å². The first-order chi connectivity index (χ1) is 10.3. The van der Waals surface area contributed by atoms with Crippen molar-refractivity contribution in [2.75, 3.05) is 18.1 Å². The summed E-state index contributed by atoms with van der Waals surface area (Å²) in [7, 11) is 0. The van der Waals surface area contributed by atoms with Gasteiger partial charge in [-0.05, 0) is 30.7 Å². The van der Waals surface area contributed by atoms with E-state index in [1.165, 1.54) is 0 Å². The van der Waals surface area contributed by atoms with Gasteiger partial charge in [0.15, 0.2) is 0 Å². The van der Waals surface area contributed by atoms with Crippen molar-refractivity contribution in [1.29, 1.82) is 0 Å². The first-order valence-electron chi connectivity index (χ1n) is 6.81. The molecule has 0 saturated heterocycles. The number of hydrogen-bond donors (Lipinski definition) is 1. The topological polar surface area (TPSA) is 51.5 Å². The van der Waals surface area contributed by atoms with Crippen molar-refractivity contribution in [3.05, 3.63) is 54.0 Å². The summed E-state index contributed by atoms with van der Waals surface area (Å²) in [6, 6.07) is 11.6. The minimum Gasteiger partial charge on any atom is -0.492 e. The fourth-order valence-electron chi connectivity index (χ4n) is 1.74. The van der Waals surface area contributed by atoms with E-state index in [-0.39, 0.29) is 5.91 Å². The molecule has 0 bridgehead atoms. The highest BCUT2D eigenvalue weighted by atomic mass is 32.2. The molecular weight excluding hydrogens is 286 g/mol. The van der Waals surface area contributed by atoms with E-state index in [2.05, 4.69) is 5.32 Å². The van der Waals surface area contributed by atoms with Crippen LogP contribution in [-0.2, 0) is 11.3 Å². The molecule has 0 aliphatic rings. The van der Waals surface area contributed by atoms with Crippen molar-refractivity contribution in [2.24, 2.45) is 0 Å². The number of hydrogen-bond acceptors (Lipinski definition) is 4. The number of nitrogens with one attached hydrogen (secondary N) is 1. The number of furan rings is 1. The zero-order valence-electron chi connectivity index (χ0n) is 12.0. The third-order valence-electron chi connectivity index (χ3n) is 2.85. The zero-order chi connectivity index (χ0) is 14.9. The first-order valence-corrected chi connectivity index (χ1v) is 7.96. The Bertz CT molecular complexity index is 554. The fourth-order valence-corrected chi connectivity index (χ4v) is 2.38. The molecule has 112 valence electrons. The summed E-state index contributed by atoms with van der Waals surface area (Å²) in [6.45, 7) is 3.05. The van der Waals surface area contributed by atoms with Gasteiger partial charge in [0, 0.05) is 5.75 Å². The molecule has 1 amide bonds. The summed E-state index contributed by atoms with van der Waals surface area (Å²) in [5.74, 6) is 2.88. The third kappa shape index (κ3) is 5.55. The molecule has 1 aromatic carbocycles. The summed E-state index contributed by atoms with van der Waals surface area (Å²) in [4.78, 5) is 11.6. The number of carbonyl (C=O) groups excluding carboxylic acids is 1. The number of amides is 1. The van der Waals surface area contributed by atoms with Crippen LogP contribution in [0.4, 0.5) is 0 Å². The van der Waals surface area contributed by atoms with Crippen LogP contribution in [0.3, 0.4) is 0 Å². The van der Waals surface area contributed by atoms with Crippen molar-refractivity contribution in [1.82, 2.24) is 5.32 Å². The molecule has 0 fully saturated rings. The SMILES string of the molecule is Cc1ccccc1OCCSCC(=O)NCc1ccco1. The highest BCUT2D eigenvalue weighted by molar-refractivity contribution is 7.99. The summed E-state index contributed by atoms with van der Waals surface area (Å²) >= 11 is 1.56. The molecule has 21 heavy (non-hydrogen) atoms. The van der Waals surface area contributed by atoms with E-state index in [1.807, 2.05) is 37.3 Å². The number of rotatable bonds is 8. The van der Waals surface area contributed by atoms with Crippen LogP contribution in [0.1, 0.15) is 11.3 Å². The average molecular weight is 305 g/mol. The number of para-hydroxylation sites is 1. The molecule has 2 rings (SSSR count). The Morgan fingerprint density at radius 1 is 1.29 bits per heavy atom. The molecule has 1 N–H and O–H groups in total. The highest BCUT2D eigenvalue weighted by Crippen LogP contribution is 2.16. The van der Waals surface area contributed by atoms with E-state index in [9.17, 15) is 4.79 Å². The molecule has 0 unspecified atom stereocenters. The van der Waals surface area contributed by atoms with Crippen LogP contribution < -0.4 is 10.1 Å². The van der Waals surface area contributed by atoms with Crippen molar-refractivity contribution >= 4 is 17.7 Å². The predicted molar refractivity (Wildman–Crippen MR) is 84.6 cm³/mol. The molecule has 1 heterocycles. The predicted octanol–water partition coefficient (Wildman–Crippen LogP) is 3.02.